The van der Waals surface area contributed by atoms with Gasteiger partial charge in [0.1, 0.15) is 5.69 Å². The first-order valence-electron chi connectivity index (χ1n) is 4.36. The van der Waals surface area contributed by atoms with Crippen molar-refractivity contribution >= 4 is 27.3 Å². The second-order valence-electron chi connectivity index (χ2n) is 2.79. The number of hydrogen-bond donors (Lipinski definition) is 1. The highest BCUT2D eigenvalue weighted by Gasteiger charge is 2.21. The molecule has 0 spiro atoms. The molecule has 0 heterocycles. The second kappa shape index (κ2) is 4.97. The lowest BCUT2D eigenvalue weighted by molar-refractivity contribution is -0.384. The van der Waals surface area contributed by atoms with Gasteiger partial charge < -0.3 is 10.1 Å². The molecule has 1 aromatic carbocycles. The summed E-state index contributed by atoms with van der Waals surface area (Å²) in [5.41, 5.74) is 0.413. The molecule has 1 rings (SSSR count). The number of rotatable bonds is 4. The Balaban J connectivity index is 3.33. The summed E-state index contributed by atoms with van der Waals surface area (Å²) in [5, 5.41) is 13.8. The summed E-state index contributed by atoms with van der Waals surface area (Å²) < 4.78 is 5.70. The van der Waals surface area contributed by atoms with Crippen LogP contribution in [-0.2, 0) is 0 Å². The van der Waals surface area contributed by atoms with Gasteiger partial charge in [-0.15, -0.1) is 0 Å². The molecule has 0 bridgehead atoms. The van der Waals surface area contributed by atoms with Gasteiger partial charge in [0.2, 0.25) is 0 Å². The highest BCUT2D eigenvalue weighted by Crippen LogP contribution is 2.37. The van der Waals surface area contributed by atoms with Gasteiger partial charge in [-0.25, -0.2) is 0 Å². The maximum atomic E-state index is 10.9. The van der Waals surface area contributed by atoms with Gasteiger partial charge in [0.05, 0.1) is 12.0 Å². The Kier molecular flexibility index (Phi) is 3.90. The first-order chi connectivity index (χ1) is 7.10. The Hall–Kier alpha value is -1.30. The van der Waals surface area contributed by atoms with E-state index in [2.05, 4.69) is 21.2 Å². The molecule has 0 fully saturated rings. The number of halogens is 1. The Labute approximate surface area is 95.7 Å². The van der Waals surface area contributed by atoms with Gasteiger partial charge in [-0.1, -0.05) is 15.9 Å². The second-order valence-corrected chi connectivity index (χ2v) is 3.71. The predicted octanol–water partition coefficient (Wildman–Crippen LogP) is 2.80. The number of nitrogens with one attached hydrogen (secondary N) is 1. The number of nitro groups is 1. The Bertz CT molecular complexity index is 382. The van der Waals surface area contributed by atoms with Gasteiger partial charge >= 0.3 is 5.69 Å². The standard InChI is InChI=1S/C9H11BrN2O3/c1-3-11-7-4-6(10)5-8(15-2)9(7)12(13)14/h4-5,11H,3H2,1-2H3. The first kappa shape index (κ1) is 11.8. The fourth-order valence-corrected chi connectivity index (χ4v) is 1.68. The lowest BCUT2D eigenvalue weighted by Gasteiger charge is -2.08. The zero-order valence-electron chi connectivity index (χ0n) is 8.41. The van der Waals surface area contributed by atoms with Gasteiger partial charge in [0, 0.05) is 17.1 Å². The zero-order valence-corrected chi connectivity index (χ0v) is 10.00. The molecule has 0 radical (unpaired) electrons. The molecule has 5 nitrogen and oxygen atoms in total. The highest BCUT2D eigenvalue weighted by molar-refractivity contribution is 9.10. The van der Waals surface area contributed by atoms with Crippen LogP contribution in [0.4, 0.5) is 11.4 Å². The minimum atomic E-state index is -0.455. The summed E-state index contributed by atoms with van der Waals surface area (Å²) in [6.07, 6.45) is 0. The van der Waals surface area contributed by atoms with Crippen molar-refractivity contribution in [3.63, 3.8) is 0 Å². The van der Waals surface area contributed by atoms with Crippen LogP contribution in [0.25, 0.3) is 0 Å². The van der Waals surface area contributed by atoms with E-state index in [-0.39, 0.29) is 11.4 Å². The molecule has 0 atom stereocenters. The molecule has 6 heteroatoms. The summed E-state index contributed by atoms with van der Waals surface area (Å²) in [7, 11) is 1.41. The largest absolute Gasteiger partial charge is 0.490 e. The van der Waals surface area contributed by atoms with Crippen LogP contribution in [0.5, 0.6) is 5.75 Å². The molecule has 0 aliphatic rings. The van der Waals surface area contributed by atoms with Crippen molar-refractivity contribution in [2.24, 2.45) is 0 Å². The van der Waals surface area contributed by atoms with E-state index in [1.807, 2.05) is 6.92 Å². The van der Waals surface area contributed by atoms with Gasteiger partial charge in [-0.05, 0) is 13.0 Å². The van der Waals surface area contributed by atoms with Crippen molar-refractivity contribution in [3.05, 3.63) is 26.7 Å². The fourth-order valence-electron chi connectivity index (χ4n) is 1.24. The number of ether oxygens (including phenoxy) is 1. The van der Waals surface area contributed by atoms with Crippen molar-refractivity contribution in [3.8, 4) is 5.75 Å². The van der Waals surface area contributed by atoms with Crippen molar-refractivity contribution in [1.29, 1.82) is 0 Å². The minimum absolute atomic E-state index is 0.0393. The van der Waals surface area contributed by atoms with E-state index in [0.29, 0.717) is 12.2 Å². The molecule has 15 heavy (non-hydrogen) atoms. The molecule has 0 amide bonds. The molecule has 0 unspecified atom stereocenters. The number of anilines is 1. The number of benzene rings is 1. The fraction of sp³-hybridized carbons (Fsp3) is 0.333. The zero-order chi connectivity index (χ0) is 11.4. The molecule has 0 saturated carbocycles. The average molecular weight is 275 g/mol. The van der Waals surface area contributed by atoms with Crippen LogP contribution >= 0.6 is 15.9 Å². The van der Waals surface area contributed by atoms with Crippen LogP contribution in [0.2, 0.25) is 0 Å². The van der Waals surface area contributed by atoms with Crippen LogP contribution < -0.4 is 10.1 Å². The van der Waals surface area contributed by atoms with Gasteiger partial charge in [0.15, 0.2) is 5.75 Å². The van der Waals surface area contributed by atoms with Crippen molar-refractivity contribution in [2.75, 3.05) is 19.0 Å². The van der Waals surface area contributed by atoms with Crippen LogP contribution in [0.15, 0.2) is 16.6 Å². The van der Waals surface area contributed by atoms with E-state index >= 15 is 0 Å². The van der Waals surface area contributed by atoms with E-state index in [9.17, 15) is 10.1 Å². The summed E-state index contributed by atoms with van der Waals surface area (Å²) in [6.45, 7) is 2.48. The average Bonchev–Trinajstić information content (AvgIpc) is 2.16. The SMILES string of the molecule is CCNc1cc(Br)cc(OC)c1[N+](=O)[O-]. The van der Waals surface area contributed by atoms with E-state index in [1.165, 1.54) is 7.11 Å². The molecule has 82 valence electrons. The van der Waals surface area contributed by atoms with Crippen molar-refractivity contribution in [2.45, 2.75) is 6.92 Å². The molecule has 1 N–H and O–H groups in total. The lowest BCUT2D eigenvalue weighted by Crippen LogP contribution is -2.03. The molecule has 0 aliphatic heterocycles. The van der Waals surface area contributed by atoms with Gasteiger partial charge in [-0.3, -0.25) is 10.1 Å². The highest BCUT2D eigenvalue weighted by atomic mass is 79.9. The van der Waals surface area contributed by atoms with Crippen molar-refractivity contribution < 1.29 is 9.66 Å². The van der Waals surface area contributed by atoms with E-state index in [1.54, 1.807) is 12.1 Å². The molecular formula is C9H11BrN2O3. The van der Waals surface area contributed by atoms with Crippen LogP contribution in [0.1, 0.15) is 6.92 Å². The third-order valence-corrected chi connectivity index (χ3v) is 2.27. The monoisotopic (exact) mass is 274 g/mol. The topological polar surface area (TPSA) is 64.4 Å². The lowest BCUT2D eigenvalue weighted by atomic mass is 10.2. The Morgan fingerprint density at radius 3 is 2.73 bits per heavy atom. The van der Waals surface area contributed by atoms with Crippen molar-refractivity contribution in [1.82, 2.24) is 0 Å². The summed E-state index contributed by atoms with van der Waals surface area (Å²) in [4.78, 5) is 10.4. The van der Waals surface area contributed by atoms with E-state index < -0.39 is 4.92 Å². The maximum absolute atomic E-state index is 10.9. The number of methoxy groups -OCH3 is 1. The molecule has 0 saturated heterocycles. The van der Waals surface area contributed by atoms with Crippen LogP contribution in [-0.4, -0.2) is 18.6 Å². The Morgan fingerprint density at radius 1 is 1.60 bits per heavy atom. The summed E-state index contributed by atoms with van der Waals surface area (Å²) in [6, 6.07) is 3.23. The summed E-state index contributed by atoms with van der Waals surface area (Å²) >= 11 is 3.26. The quantitative estimate of drug-likeness (QED) is 0.677. The van der Waals surface area contributed by atoms with Gasteiger partial charge in [0.25, 0.3) is 0 Å². The first-order valence-corrected chi connectivity index (χ1v) is 5.15. The smallest absolute Gasteiger partial charge is 0.333 e. The normalized spacial score (nSPS) is 9.80. The Morgan fingerprint density at radius 2 is 2.27 bits per heavy atom. The summed E-state index contributed by atoms with van der Waals surface area (Å²) in [5.74, 6) is 0.241. The van der Waals surface area contributed by atoms with Crippen LogP contribution in [0, 0.1) is 10.1 Å². The minimum Gasteiger partial charge on any atom is -0.490 e. The van der Waals surface area contributed by atoms with E-state index in [0.717, 1.165) is 4.47 Å². The van der Waals surface area contributed by atoms with Crippen LogP contribution in [0.3, 0.4) is 0 Å². The van der Waals surface area contributed by atoms with Gasteiger partial charge in [-0.2, -0.15) is 0 Å². The number of nitro benzene ring substituents is 1. The molecule has 1 aromatic rings. The maximum Gasteiger partial charge on any atom is 0.333 e. The van der Waals surface area contributed by atoms with E-state index in [4.69, 9.17) is 4.74 Å². The number of hydrogen-bond acceptors (Lipinski definition) is 4. The third kappa shape index (κ3) is 2.59. The molecule has 0 aliphatic carbocycles. The predicted molar refractivity (Wildman–Crippen MR) is 61.5 cm³/mol. The molecule has 0 aromatic heterocycles. The number of nitrogens with zero attached hydrogens (tertiary/aromatic N) is 1. The molecular weight excluding hydrogens is 264 g/mol. The third-order valence-electron chi connectivity index (χ3n) is 1.81.